The highest BCUT2D eigenvalue weighted by atomic mass is 19.4. The number of fused-ring (bicyclic) bond motifs is 1. The number of anilines is 3. The van der Waals surface area contributed by atoms with Crippen molar-refractivity contribution in [2.24, 2.45) is 5.92 Å². The van der Waals surface area contributed by atoms with Crippen LogP contribution >= 0.6 is 0 Å². The van der Waals surface area contributed by atoms with Gasteiger partial charge in [-0.2, -0.15) is 13.2 Å². The van der Waals surface area contributed by atoms with E-state index in [4.69, 9.17) is 4.98 Å². The quantitative estimate of drug-likeness (QED) is 0.192. The molecule has 15 heteroatoms. The van der Waals surface area contributed by atoms with Crippen molar-refractivity contribution in [3.05, 3.63) is 77.6 Å². The average Bonchev–Trinajstić information content (AvgIpc) is 3.52. The summed E-state index contributed by atoms with van der Waals surface area (Å²) in [6.07, 6.45) is 4.01. The van der Waals surface area contributed by atoms with Crippen molar-refractivity contribution in [2.45, 2.75) is 69.8 Å². The smallest absolute Gasteiger partial charge is 0.396 e. The molecule has 0 bridgehead atoms. The fourth-order valence-corrected chi connectivity index (χ4v) is 7.88. The molecular formula is C38H43F3N8O4. The lowest BCUT2D eigenvalue weighted by Gasteiger charge is -2.38. The van der Waals surface area contributed by atoms with Gasteiger partial charge in [-0.3, -0.25) is 35.0 Å². The lowest BCUT2D eigenvalue weighted by atomic mass is 9.86. The summed E-state index contributed by atoms with van der Waals surface area (Å²) in [7, 11) is 2.08. The zero-order chi connectivity index (χ0) is 37.3. The minimum Gasteiger partial charge on any atom is -0.396 e. The maximum atomic E-state index is 13.4. The molecule has 3 aliphatic rings. The van der Waals surface area contributed by atoms with Crippen LogP contribution in [-0.4, -0.2) is 81.7 Å². The summed E-state index contributed by atoms with van der Waals surface area (Å²) in [6.45, 7) is 2.64. The first-order chi connectivity index (χ1) is 25.5. The third kappa shape index (κ3) is 7.86. The molecule has 4 aromatic rings. The Balaban J connectivity index is 1.08. The maximum Gasteiger partial charge on any atom is 0.416 e. The predicted molar refractivity (Wildman–Crippen MR) is 194 cm³/mol. The van der Waals surface area contributed by atoms with Crippen molar-refractivity contribution in [1.29, 1.82) is 0 Å². The molecule has 53 heavy (non-hydrogen) atoms. The second-order valence-electron chi connectivity index (χ2n) is 14.3. The highest BCUT2D eigenvalue weighted by molar-refractivity contribution is 6.06. The molecule has 1 saturated carbocycles. The number of nitrogens with zero attached hydrogens (tertiary/aromatic N) is 6. The number of alkyl halides is 3. The Labute approximate surface area is 305 Å². The third-order valence-electron chi connectivity index (χ3n) is 10.9. The molecule has 2 aliphatic heterocycles. The van der Waals surface area contributed by atoms with E-state index in [0.29, 0.717) is 24.3 Å². The zero-order valence-corrected chi connectivity index (χ0v) is 29.5. The van der Waals surface area contributed by atoms with Gasteiger partial charge in [-0.25, -0.2) is 9.78 Å². The molecule has 4 heterocycles. The molecule has 3 N–H and O–H groups in total. The molecule has 4 amide bonds. The molecule has 12 nitrogen and oxygen atoms in total. The van der Waals surface area contributed by atoms with Crippen LogP contribution in [0.1, 0.15) is 72.5 Å². The number of halogens is 3. The molecule has 0 atom stereocenters. The van der Waals surface area contributed by atoms with Gasteiger partial charge in [-0.1, -0.05) is 6.07 Å². The average molecular weight is 733 g/mol. The van der Waals surface area contributed by atoms with Crippen LogP contribution in [-0.2, 0) is 17.5 Å². The number of aliphatic hydroxyl groups is 1. The normalized spacial score (nSPS) is 20.3. The first-order valence-electron chi connectivity index (χ1n) is 18.1. The van der Waals surface area contributed by atoms with E-state index in [0.717, 1.165) is 80.5 Å². The van der Waals surface area contributed by atoms with Crippen LogP contribution in [0, 0.1) is 5.92 Å². The molecule has 280 valence electrons. The molecule has 2 aromatic heterocycles. The van der Waals surface area contributed by atoms with Gasteiger partial charge in [0.2, 0.25) is 11.9 Å². The molecule has 0 unspecified atom stereocenters. The number of imidazole rings is 1. The van der Waals surface area contributed by atoms with Crippen LogP contribution in [0.2, 0.25) is 0 Å². The summed E-state index contributed by atoms with van der Waals surface area (Å²) < 4.78 is 42.2. The third-order valence-corrected chi connectivity index (χ3v) is 10.9. The van der Waals surface area contributed by atoms with Crippen molar-refractivity contribution in [1.82, 2.24) is 24.8 Å². The SMILES string of the molecule is CN(Cc1ccncc1N1CCC(=O)NC1=O)C1CCN(c2ccc3nc(NC(=O)c4cccc(C(F)(F)F)c4)n(C4CCC(CO)CC4)c3c2)CC1. The van der Waals surface area contributed by atoms with Gasteiger partial charge in [0.15, 0.2) is 0 Å². The number of imide groups is 1. The Morgan fingerprint density at radius 2 is 1.79 bits per heavy atom. The Morgan fingerprint density at radius 1 is 1.02 bits per heavy atom. The second kappa shape index (κ2) is 15.1. The lowest BCUT2D eigenvalue weighted by Crippen LogP contribution is -2.50. The summed E-state index contributed by atoms with van der Waals surface area (Å²) in [4.78, 5) is 52.8. The van der Waals surface area contributed by atoms with Crippen LogP contribution < -0.4 is 20.4 Å². The first-order valence-corrected chi connectivity index (χ1v) is 18.1. The number of rotatable bonds is 9. The van der Waals surface area contributed by atoms with Gasteiger partial charge in [0.25, 0.3) is 5.91 Å². The standard InChI is InChI=1S/C38H43F3N8O4/c1-46(22-26-11-15-42-21-33(26)48-18-14-34(51)44-37(48)53)28-12-16-47(17-13-28)30-9-10-31-32(20-30)49(29-7-5-24(23-50)6-8-29)36(43-31)45-35(52)25-3-2-4-27(19-25)38(39,40)41/h2-4,9-11,15,19-21,24,28-29,50H,5-8,12-14,16-18,22-23H2,1H3,(H,43,45,52)(H,44,51,53). The molecule has 2 aromatic carbocycles. The zero-order valence-electron chi connectivity index (χ0n) is 29.5. The van der Waals surface area contributed by atoms with E-state index in [9.17, 15) is 32.7 Å². The first kappa shape index (κ1) is 36.3. The van der Waals surface area contributed by atoms with E-state index >= 15 is 0 Å². The summed E-state index contributed by atoms with van der Waals surface area (Å²) in [6, 6.07) is 12.1. The molecule has 2 saturated heterocycles. The van der Waals surface area contributed by atoms with E-state index < -0.39 is 23.7 Å². The number of aromatic nitrogens is 3. The van der Waals surface area contributed by atoms with E-state index in [1.54, 1.807) is 17.3 Å². The van der Waals surface area contributed by atoms with Gasteiger partial charge in [0.05, 0.1) is 28.5 Å². The summed E-state index contributed by atoms with van der Waals surface area (Å²) in [5, 5.41) is 15.0. The van der Waals surface area contributed by atoms with Gasteiger partial charge in [-0.15, -0.1) is 0 Å². The monoisotopic (exact) mass is 732 g/mol. The Kier molecular flexibility index (Phi) is 10.4. The Hall–Kier alpha value is -5.02. The van der Waals surface area contributed by atoms with Crippen molar-refractivity contribution in [3.63, 3.8) is 0 Å². The van der Waals surface area contributed by atoms with Gasteiger partial charge >= 0.3 is 12.2 Å². The van der Waals surface area contributed by atoms with Crippen LogP contribution in [0.4, 0.5) is 35.3 Å². The van der Waals surface area contributed by atoms with E-state index in [1.165, 1.54) is 12.1 Å². The number of hydrogen-bond donors (Lipinski definition) is 3. The fourth-order valence-electron chi connectivity index (χ4n) is 7.88. The maximum absolute atomic E-state index is 13.4. The number of carbonyl (C=O) groups is 3. The Bertz CT molecular complexity index is 1990. The number of benzene rings is 2. The number of hydrogen-bond acceptors (Lipinski definition) is 8. The molecular weight excluding hydrogens is 689 g/mol. The van der Waals surface area contributed by atoms with Gasteiger partial charge in [0, 0.05) is 68.7 Å². The largest absolute Gasteiger partial charge is 0.416 e. The second-order valence-corrected chi connectivity index (χ2v) is 14.3. The molecule has 1 aliphatic carbocycles. The van der Waals surface area contributed by atoms with Crippen molar-refractivity contribution in [3.8, 4) is 0 Å². The van der Waals surface area contributed by atoms with Crippen LogP contribution in [0.3, 0.4) is 0 Å². The van der Waals surface area contributed by atoms with Crippen LogP contribution in [0.25, 0.3) is 11.0 Å². The minimum absolute atomic E-state index is 0.0103. The number of urea groups is 1. The van der Waals surface area contributed by atoms with Gasteiger partial charge < -0.3 is 14.6 Å². The predicted octanol–water partition coefficient (Wildman–Crippen LogP) is 5.97. The molecule has 3 fully saturated rings. The lowest BCUT2D eigenvalue weighted by molar-refractivity contribution is -0.137. The molecule has 0 spiro atoms. The van der Waals surface area contributed by atoms with E-state index in [-0.39, 0.29) is 48.4 Å². The van der Waals surface area contributed by atoms with Gasteiger partial charge in [-0.05, 0) is 99.5 Å². The summed E-state index contributed by atoms with van der Waals surface area (Å²) >= 11 is 0. The minimum atomic E-state index is -4.58. The Morgan fingerprint density at radius 3 is 2.51 bits per heavy atom. The number of carbonyl (C=O) groups excluding carboxylic acids is 3. The van der Waals surface area contributed by atoms with Crippen LogP contribution in [0.5, 0.6) is 0 Å². The number of nitrogens with one attached hydrogen (secondary N) is 2. The van der Waals surface area contributed by atoms with Crippen molar-refractivity contribution >= 4 is 46.2 Å². The number of pyridine rings is 1. The highest BCUT2D eigenvalue weighted by Gasteiger charge is 2.32. The molecule has 7 rings (SSSR count). The fraction of sp³-hybridized carbons (Fsp3) is 0.447. The van der Waals surface area contributed by atoms with E-state index in [1.807, 2.05) is 22.8 Å². The number of amides is 4. The van der Waals surface area contributed by atoms with Crippen molar-refractivity contribution < 1.29 is 32.7 Å². The van der Waals surface area contributed by atoms with Crippen molar-refractivity contribution in [2.75, 3.05) is 48.4 Å². The topological polar surface area (TPSA) is 136 Å². The van der Waals surface area contributed by atoms with Crippen LogP contribution in [0.15, 0.2) is 60.9 Å². The van der Waals surface area contributed by atoms with E-state index in [2.05, 4.69) is 38.5 Å². The summed E-state index contributed by atoms with van der Waals surface area (Å²) in [5.74, 6) is -0.456. The molecule has 0 radical (unpaired) electrons. The summed E-state index contributed by atoms with van der Waals surface area (Å²) in [5.41, 5.74) is 3.17. The number of aliphatic hydroxyl groups excluding tert-OH is 1. The van der Waals surface area contributed by atoms with Gasteiger partial charge in [0.1, 0.15) is 0 Å². The number of piperidine rings is 1. The highest BCUT2D eigenvalue weighted by Crippen LogP contribution is 2.38.